The van der Waals surface area contributed by atoms with Crippen LogP contribution in [0.4, 0.5) is 0 Å². The number of oxazole rings is 1. The Morgan fingerprint density at radius 2 is 2.06 bits per heavy atom. The largest absolute Gasteiger partial charge is 0.440 e. The molecule has 96 valence electrons. The number of unbranched alkanes of at least 4 members (excludes halogenated alkanes) is 3. The van der Waals surface area contributed by atoms with Crippen molar-refractivity contribution in [3.8, 4) is 0 Å². The number of rotatable bonds is 7. The van der Waals surface area contributed by atoms with Crippen LogP contribution in [0.25, 0.3) is 11.1 Å². The number of hydrogen-bond acceptors (Lipinski definition) is 3. The van der Waals surface area contributed by atoms with Gasteiger partial charge >= 0.3 is 0 Å². The fourth-order valence-corrected chi connectivity index (χ4v) is 2.00. The van der Waals surface area contributed by atoms with Crippen LogP contribution in [0.3, 0.4) is 0 Å². The average Bonchev–Trinajstić information content (AvgIpc) is 2.76. The van der Waals surface area contributed by atoms with Gasteiger partial charge in [-0.1, -0.05) is 38.3 Å². The molecule has 0 atom stereocenters. The number of hydrogen-bond donors (Lipinski definition) is 0. The number of carbonyl (C=O) groups is 1. The van der Waals surface area contributed by atoms with E-state index in [2.05, 4.69) is 11.9 Å². The minimum atomic E-state index is 0.220. The maximum absolute atomic E-state index is 11.8. The van der Waals surface area contributed by atoms with Gasteiger partial charge in [0.2, 0.25) is 5.89 Å². The van der Waals surface area contributed by atoms with Gasteiger partial charge in [-0.05, 0) is 18.6 Å². The first-order valence-electron chi connectivity index (χ1n) is 6.65. The second-order valence-electron chi connectivity index (χ2n) is 4.60. The Labute approximate surface area is 107 Å². The molecule has 1 aromatic heterocycles. The van der Waals surface area contributed by atoms with E-state index in [0.29, 0.717) is 18.7 Å². The molecule has 2 aromatic rings. The van der Waals surface area contributed by atoms with Crippen molar-refractivity contribution in [2.24, 2.45) is 0 Å². The maximum atomic E-state index is 11.8. The summed E-state index contributed by atoms with van der Waals surface area (Å²) in [6, 6.07) is 7.59. The lowest BCUT2D eigenvalue weighted by Crippen LogP contribution is -2.02. The van der Waals surface area contributed by atoms with Gasteiger partial charge in [0.1, 0.15) is 11.3 Å². The van der Waals surface area contributed by atoms with Crippen molar-refractivity contribution in [2.75, 3.05) is 0 Å². The second-order valence-corrected chi connectivity index (χ2v) is 4.60. The minimum absolute atomic E-state index is 0.220. The molecule has 0 aliphatic heterocycles. The summed E-state index contributed by atoms with van der Waals surface area (Å²) in [5.41, 5.74) is 1.58. The molecule has 0 bridgehead atoms. The Morgan fingerprint density at radius 3 is 2.83 bits per heavy atom. The molecule has 3 heteroatoms. The summed E-state index contributed by atoms with van der Waals surface area (Å²) in [6.07, 6.45) is 5.47. The van der Waals surface area contributed by atoms with Gasteiger partial charge in [0.15, 0.2) is 5.58 Å². The van der Waals surface area contributed by atoms with E-state index in [4.69, 9.17) is 4.42 Å². The Hall–Kier alpha value is -1.64. The van der Waals surface area contributed by atoms with Crippen molar-refractivity contribution in [2.45, 2.75) is 45.4 Å². The summed E-state index contributed by atoms with van der Waals surface area (Å²) in [7, 11) is 0. The highest BCUT2D eigenvalue weighted by atomic mass is 16.3. The van der Waals surface area contributed by atoms with Gasteiger partial charge in [0.25, 0.3) is 0 Å². The summed E-state index contributed by atoms with van der Waals surface area (Å²) in [6.45, 7) is 2.17. The number of aromatic nitrogens is 1. The molecule has 0 saturated carbocycles. The van der Waals surface area contributed by atoms with Crippen LogP contribution in [-0.2, 0) is 11.2 Å². The van der Waals surface area contributed by atoms with Crippen molar-refractivity contribution in [3.63, 3.8) is 0 Å². The van der Waals surface area contributed by atoms with E-state index in [0.717, 1.165) is 23.9 Å². The average molecular weight is 245 g/mol. The third-order valence-electron chi connectivity index (χ3n) is 3.00. The van der Waals surface area contributed by atoms with Crippen molar-refractivity contribution in [3.05, 3.63) is 30.2 Å². The fourth-order valence-electron chi connectivity index (χ4n) is 2.00. The molecule has 1 heterocycles. The van der Waals surface area contributed by atoms with E-state index >= 15 is 0 Å². The molecule has 0 amide bonds. The first kappa shape index (κ1) is 12.8. The molecule has 0 aliphatic rings. The van der Waals surface area contributed by atoms with Crippen LogP contribution in [0.2, 0.25) is 0 Å². The van der Waals surface area contributed by atoms with Crippen molar-refractivity contribution < 1.29 is 9.21 Å². The first-order valence-corrected chi connectivity index (χ1v) is 6.65. The van der Waals surface area contributed by atoms with E-state index in [-0.39, 0.29) is 5.78 Å². The van der Waals surface area contributed by atoms with Crippen LogP contribution >= 0.6 is 0 Å². The Kier molecular flexibility index (Phi) is 4.51. The van der Waals surface area contributed by atoms with Crippen molar-refractivity contribution >= 4 is 16.9 Å². The van der Waals surface area contributed by atoms with E-state index < -0.39 is 0 Å². The normalized spacial score (nSPS) is 10.9. The zero-order chi connectivity index (χ0) is 12.8. The number of para-hydroxylation sites is 2. The molecule has 0 saturated heterocycles. The molecule has 0 N–H and O–H groups in total. The van der Waals surface area contributed by atoms with E-state index in [1.54, 1.807) is 0 Å². The lowest BCUT2D eigenvalue weighted by molar-refractivity contribution is -0.118. The Bertz CT molecular complexity index is 483. The number of nitrogens with zero attached hydrogens (tertiary/aromatic N) is 1. The molecule has 18 heavy (non-hydrogen) atoms. The van der Waals surface area contributed by atoms with E-state index in [9.17, 15) is 4.79 Å². The lowest BCUT2D eigenvalue weighted by atomic mass is 10.1. The molecule has 0 fully saturated rings. The number of benzene rings is 1. The predicted octanol–water partition coefficient (Wildman–Crippen LogP) is 3.91. The summed E-state index contributed by atoms with van der Waals surface area (Å²) in [5, 5.41) is 0. The molecule has 2 rings (SSSR count). The van der Waals surface area contributed by atoms with Gasteiger partial charge in [-0.15, -0.1) is 0 Å². The molecule has 0 spiro atoms. The van der Waals surface area contributed by atoms with Gasteiger partial charge in [0, 0.05) is 6.42 Å². The Morgan fingerprint density at radius 1 is 1.22 bits per heavy atom. The first-order chi connectivity index (χ1) is 8.79. The van der Waals surface area contributed by atoms with E-state index in [1.807, 2.05) is 24.3 Å². The van der Waals surface area contributed by atoms with Gasteiger partial charge in [-0.3, -0.25) is 4.79 Å². The molecular formula is C15H19NO2. The zero-order valence-corrected chi connectivity index (χ0v) is 10.8. The third kappa shape index (κ3) is 3.42. The number of Topliss-reactive ketones (excluding diaryl/α,β-unsaturated/α-hetero) is 1. The van der Waals surface area contributed by atoms with Crippen LogP contribution in [0.5, 0.6) is 0 Å². The second kappa shape index (κ2) is 6.34. The monoisotopic (exact) mass is 245 g/mol. The predicted molar refractivity (Wildman–Crippen MR) is 71.5 cm³/mol. The van der Waals surface area contributed by atoms with Crippen LogP contribution in [-0.4, -0.2) is 10.8 Å². The van der Waals surface area contributed by atoms with Crippen LogP contribution < -0.4 is 0 Å². The van der Waals surface area contributed by atoms with Crippen LogP contribution in [0, 0.1) is 0 Å². The molecule has 1 aromatic carbocycles. The minimum Gasteiger partial charge on any atom is -0.440 e. The SMILES string of the molecule is CCCCCCC(=O)Cc1nc2ccccc2o1. The number of fused-ring (bicyclic) bond motifs is 1. The molecular weight excluding hydrogens is 226 g/mol. The smallest absolute Gasteiger partial charge is 0.202 e. The van der Waals surface area contributed by atoms with Gasteiger partial charge < -0.3 is 4.42 Å². The summed E-state index contributed by atoms with van der Waals surface area (Å²) >= 11 is 0. The quantitative estimate of drug-likeness (QED) is 0.694. The maximum Gasteiger partial charge on any atom is 0.202 e. The zero-order valence-electron chi connectivity index (χ0n) is 10.8. The highest BCUT2D eigenvalue weighted by Crippen LogP contribution is 2.15. The topological polar surface area (TPSA) is 43.1 Å². The van der Waals surface area contributed by atoms with E-state index in [1.165, 1.54) is 12.8 Å². The van der Waals surface area contributed by atoms with Gasteiger partial charge in [0.05, 0.1) is 6.42 Å². The Balaban J connectivity index is 1.86. The fraction of sp³-hybridized carbons (Fsp3) is 0.467. The summed E-state index contributed by atoms with van der Waals surface area (Å²) < 4.78 is 5.53. The van der Waals surface area contributed by atoms with Crippen LogP contribution in [0.1, 0.15) is 44.9 Å². The van der Waals surface area contributed by atoms with Gasteiger partial charge in [-0.25, -0.2) is 4.98 Å². The molecule has 0 aliphatic carbocycles. The third-order valence-corrected chi connectivity index (χ3v) is 3.00. The highest BCUT2D eigenvalue weighted by Gasteiger charge is 2.09. The summed E-state index contributed by atoms with van der Waals surface area (Å²) in [4.78, 5) is 16.1. The van der Waals surface area contributed by atoms with Crippen LogP contribution in [0.15, 0.2) is 28.7 Å². The van der Waals surface area contributed by atoms with Gasteiger partial charge in [-0.2, -0.15) is 0 Å². The number of carbonyl (C=O) groups excluding carboxylic acids is 1. The molecule has 0 unspecified atom stereocenters. The summed E-state index contributed by atoms with van der Waals surface area (Å²) in [5.74, 6) is 0.759. The highest BCUT2D eigenvalue weighted by molar-refractivity contribution is 5.81. The molecule has 0 radical (unpaired) electrons. The van der Waals surface area contributed by atoms with Crippen molar-refractivity contribution in [1.29, 1.82) is 0 Å². The standard InChI is InChI=1S/C15H19NO2/c1-2-3-4-5-8-12(17)11-15-16-13-9-6-7-10-14(13)18-15/h6-7,9-10H,2-5,8,11H2,1H3. The lowest BCUT2D eigenvalue weighted by Gasteiger charge is -1.97. The van der Waals surface area contributed by atoms with Crippen molar-refractivity contribution in [1.82, 2.24) is 4.98 Å². The molecule has 3 nitrogen and oxygen atoms in total. The number of ketones is 1.